The van der Waals surface area contributed by atoms with Gasteiger partial charge in [-0.25, -0.2) is 9.11 Å². The molecule has 1 aliphatic carbocycles. The number of fused-ring (bicyclic) bond motifs is 1. The van der Waals surface area contributed by atoms with Crippen LogP contribution in [0.5, 0.6) is 0 Å². The van der Waals surface area contributed by atoms with Crippen LogP contribution in [0.25, 0.3) is 0 Å². The molecule has 1 aliphatic rings. The van der Waals surface area contributed by atoms with Gasteiger partial charge in [0.15, 0.2) is 0 Å². The van der Waals surface area contributed by atoms with Crippen LogP contribution >= 0.6 is 12.1 Å². The van der Waals surface area contributed by atoms with E-state index in [1.54, 1.807) is 12.1 Å². The van der Waals surface area contributed by atoms with E-state index in [2.05, 4.69) is 4.72 Å². The van der Waals surface area contributed by atoms with Crippen LogP contribution in [0.3, 0.4) is 0 Å². The third-order valence-electron chi connectivity index (χ3n) is 2.70. The molecule has 2 nitrogen and oxygen atoms in total. The van der Waals surface area contributed by atoms with Crippen LogP contribution in [0.15, 0.2) is 12.1 Å². The Labute approximate surface area is 87.3 Å². The first-order valence-corrected chi connectivity index (χ1v) is 5.50. The van der Waals surface area contributed by atoms with Gasteiger partial charge in [0, 0.05) is 18.2 Å². The lowest BCUT2D eigenvalue weighted by atomic mass is 10.0. The average molecular weight is 212 g/mol. The van der Waals surface area contributed by atoms with Gasteiger partial charge in [-0.1, -0.05) is 0 Å². The molecule has 4 heteroatoms. The third-order valence-corrected chi connectivity index (χ3v) is 3.12. The van der Waals surface area contributed by atoms with Crippen molar-refractivity contribution in [2.45, 2.75) is 25.8 Å². The van der Waals surface area contributed by atoms with Crippen LogP contribution in [0, 0.1) is 12.7 Å². The highest BCUT2D eigenvalue weighted by Crippen LogP contribution is 2.34. The standard InChI is InChI=1S/C10H13FN2S/c1-6-4-8(11)5-7-2-3-9(10(6)7)13-14-12/h4-5,9,13H,2-3,12H2,1H3. The van der Waals surface area contributed by atoms with Crippen molar-refractivity contribution in [3.63, 3.8) is 0 Å². The molecule has 0 saturated heterocycles. The molecule has 3 N–H and O–H groups in total. The summed E-state index contributed by atoms with van der Waals surface area (Å²) in [7, 11) is 0. The first kappa shape index (κ1) is 9.96. The zero-order valence-corrected chi connectivity index (χ0v) is 8.83. The van der Waals surface area contributed by atoms with Gasteiger partial charge in [-0.05, 0) is 48.6 Å². The summed E-state index contributed by atoms with van der Waals surface area (Å²) in [5, 5.41) is 5.38. The molecular formula is C10H13FN2S. The normalized spacial score (nSPS) is 19.8. The predicted octanol–water partition coefficient (Wildman–Crippen LogP) is 2.23. The minimum absolute atomic E-state index is 0.137. The summed E-state index contributed by atoms with van der Waals surface area (Å²) >= 11 is 1.13. The van der Waals surface area contributed by atoms with Crippen molar-refractivity contribution < 1.29 is 4.39 Å². The zero-order valence-electron chi connectivity index (χ0n) is 8.01. The molecule has 2 rings (SSSR count). The monoisotopic (exact) mass is 212 g/mol. The van der Waals surface area contributed by atoms with Crippen molar-refractivity contribution in [2.24, 2.45) is 5.14 Å². The number of aryl methyl sites for hydroxylation is 2. The average Bonchev–Trinajstić information content (AvgIpc) is 2.49. The molecule has 14 heavy (non-hydrogen) atoms. The van der Waals surface area contributed by atoms with Gasteiger partial charge in [0.1, 0.15) is 5.82 Å². The highest BCUT2D eigenvalue weighted by atomic mass is 32.2. The Morgan fingerprint density at radius 3 is 3.07 bits per heavy atom. The molecule has 76 valence electrons. The second-order valence-electron chi connectivity index (χ2n) is 3.62. The highest BCUT2D eigenvalue weighted by molar-refractivity contribution is 7.95. The number of rotatable bonds is 2. The van der Waals surface area contributed by atoms with Gasteiger partial charge in [-0.2, -0.15) is 0 Å². The molecule has 0 radical (unpaired) electrons. The summed E-state index contributed by atoms with van der Waals surface area (Å²) in [6.07, 6.45) is 1.94. The molecule has 0 heterocycles. The molecule has 0 spiro atoms. The van der Waals surface area contributed by atoms with E-state index in [0.717, 1.165) is 36.1 Å². The van der Waals surface area contributed by atoms with E-state index in [0.29, 0.717) is 0 Å². The molecule has 1 aromatic carbocycles. The van der Waals surface area contributed by atoms with Gasteiger partial charge in [-0.15, -0.1) is 0 Å². The van der Waals surface area contributed by atoms with E-state index >= 15 is 0 Å². The van der Waals surface area contributed by atoms with Gasteiger partial charge in [-0.3, -0.25) is 5.14 Å². The Bertz CT molecular complexity index is 354. The minimum Gasteiger partial charge on any atom is -0.264 e. The molecule has 1 unspecified atom stereocenters. The van der Waals surface area contributed by atoms with E-state index in [9.17, 15) is 4.39 Å². The summed E-state index contributed by atoms with van der Waals surface area (Å²) in [6.45, 7) is 1.95. The van der Waals surface area contributed by atoms with Gasteiger partial charge < -0.3 is 0 Å². The van der Waals surface area contributed by atoms with Crippen molar-refractivity contribution >= 4 is 12.1 Å². The van der Waals surface area contributed by atoms with Gasteiger partial charge in [0.25, 0.3) is 0 Å². The Morgan fingerprint density at radius 1 is 1.57 bits per heavy atom. The van der Waals surface area contributed by atoms with E-state index in [4.69, 9.17) is 5.14 Å². The largest absolute Gasteiger partial charge is 0.264 e. The third kappa shape index (κ3) is 1.65. The highest BCUT2D eigenvalue weighted by Gasteiger charge is 2.24. The number of nitrogens with one attached hydrogen (secondary N) is 1. The van der Waals surface area contributed by atoms with Crippen LogP contribution in [0.1, 0.15) is 29.2 Å². The minimum atomic E-state index is -0.137. The number of benzene rings is 1. The first-order chi connectivity index (χ1) is 6.72. The fourth-order valence-electron chi connectivity index (χ4n) is 2.17. The molecular weight excluding hydrogens is 199 g/mol. The van der Waals surface area contributed by atoms with Crippen LogP contribution in [0.2, 0.25) is 0 Å². The number of hydrogen-bond donors (Lipinski definition) is 2. The van der Waals surface area contributed by atoms with Crippen LogP contribution in [0.4, 0.5) is 4.39 Å². The molecule has 1 atom stereocenters. The smallest absolute Gasteiger partial charge is 0.123 e. The molecule has 1 aromatic rings. The van der Waals surface area contributed by atoms with Gasteiger partial charge >= 0.3 is 0 Å². The predicted molar refractivity (Wildman–Crippen MR) is 57.1 cm³/mol. The summed E-state index contributed by atoms with van der Waals surface area (Å²) < 4.78 is 16.2. The lowest BCUT2D eigenvalue weighted by molar-refractivity contribution is 0.624. The number of hydrogen-bond acceptors (Lipinski definition) is 3. The van der Waals surface area contributed by atoms with Gasteiger partial charge in [0.05, 0.1) is 0 Å². The molecule has 0 bridgehead atoms. The maximum absolute atomic E-state index is 13.1. The summed E-state index contributed by atoms with van der Waals surface area (Å²) in [4.78, 5) is 0. The van der Waals surface area contributed by atoms with Crippen molar-refractivity contribution in [2.75, 3.05) is 0 Å². The number of nitrogens with two attached hydrogens (primary N) is 1. The Balaban J connectivity index is 2.39. The Hall–Kier alpha value is -0.580. The summed E-state index contributed by atoms with van der Waals surface area (Å²) in [5.41, 5.74) is 3.36. The van der Waals surface area contributed by atoms with E-state index < -0.39 is 0 Å². The maximum atomic E-state index is 13.1. The van der Waals surface area contributed by atoms with E-state index in [-0.39, 0.29) is 11.9 Å². The lowest BCUT2D eigenvalue weighted by Crippen LogP contribution is -2.14. The van der Waals surface area contributed by atoms with Gasteiger partial charge in [0.2, 0.25) is 0 Å². The molecule has 0 saturated carbocycles. The quantitative estimate of drug-likeness (QED) is 0.738. The molecule has 0 fully saturated rings. The zero-order chi connectivity index (χ0) is 10.1. The van der Waals surface area contributed by atoms with Crippen LogP contribution in [-0.2, 0) is 6.42 Å². The Morgan fingerprint density at radius 2 is 2.36 bits per heavy atom. The first-order valence-electron chi connectivity index (χ1n) is 4.62. The second kappa shape index (κ2) is 3.88. The van der Waals surface area contributed by atoms with Crippen molar-refractivity contribution in [1.82, 2.24) is 4.72 Å². The lowest BCUT2D eigenvalue weighted by Gasteiger charge is -2.13. The van der Waals surface area contributed by atoms with Crippen LogP contribution < -0.4 is 9.86 Å². The van der Waals surface area contributed by atoms with Crippen LogP contribution in [-0.4, -0.2) is 0 Å². The molecule has 0 amide bonds. The topological polar surface area (TPSA) is 38.0 Å². The van der Waals surface area contributed by atoms with Crippen molar-refractivity contribution in [3.8, 4) is 0 Å². The fourth-order valence-corrected chi connectivity index (χ4v) is 2.57. The number of halogens is 1. The summed E-state index contributed by atoms with van der Waals surface area (Å²) in [5.74, 6) is -0.137. The van der Waals surface area contributed by atoms with Crippen molar-refractivity contribution in [1.29, 1.82) is 0 Å². The summed E-state index contributed by atoms with van der Waals surface area (Å²) in [6, 6.07) is 3.49. The fraction of sp³-hybridized carbons (Fsp3) is 0.400. The van der Waals surface area contributed by atoms with Crippen molar-refractivity contribution in [3.05, 3.63) is 34.6 Å². The molecule has 0 aromatic heterocycles. The van der Waals surface area contributed by atoms with E-state index in [1.165, 1.54) is 5.56 Å². The maximum Gasteiger partial charge on any atom is 0.123 e. The SMILES string of the molecule is Cc1cc(F)cc2c1C(NSN)CC2. The molecule has 0 aliphatic heterocycles. The Kier molecular flexibility index (Phi) is 2.76. The second-order valence-corrected chi connectivity index (χ2v) is 4.09. The van der Waals surface area contributed by atoms with E-state index in [1.807, 2.05) is 6.92 Å².